The van der Waals surface area contributed by atoms with Crippen LogP contribution < -0.4 is 0 Å². The van der Waals surface area contributed by atoms with Crippen LogP contribution in [-0.2, 0) is 11.3 Å². The summed E-state index contributed by atoms with van der Waals surface area (Å²) in [5.41, 5.74) is 2.42. The molecule has 3 heteroatoms. The molecule has 1 aromatic carbocycles. The highest BCUT2D eigenvalue weighted by Gasteiger charge is 2.22. The lowest BCUT2D eigenvalue weighted by Crippen LogP contribution is -2.40. The van der Waals surface area contributed by atoms with Crippen LogP contribution in [0.25, 0.3) is 0 Å². The molecule has 17 heavy (non-hydrogen) atoms. The number of nitrogens with zero attached hydrogens (tertiary/aromatic N) is 1. The number of aliphatic carboxylic acids is 1. The van der Waals surface area contributed by atoms with Gasteiger partial charge in [-0.25, -0.2) is 0 Å². The van der Waals surface area contributed by atoms with Crippen molar-refractivity contribution in [2.45, 2.75) is 39.8 Å². The molecule has 0 aromatic heterocycles. The third-order valence-electron chi connectivity index (χ3n) is 3.15. The molecule has 0 radical (unpaired) electrons. The SMILES string of the molecule is CC[C@H](C(=O)O)N(CC)Cc1ccccc1C. The van der Waals surface area contributed by atoms with Crippen LogP contribution in [0.2, 0.25) is 0 Å². The standard InChI is InChI=1S/C14H21NO2/c1-4-13(14(16)17)15(5-2)10-12-9-7-6-8-11(12)3/h6-9,13H,4-5,10H2,1-3H3,(H,16,17)/t13-/m1/s1. The minimum absolute atomic E-state index is 0.389. The molecule has 1 aromatic rings. The molecule has 0 aliphatic rings. The molecule has 3 nitrogen and oxygen atoms in total. The number of hydrogen-bond donors (Lipinski definition) is 1. The van der Waals surface area contributed by atoms with Crippen LogP contribution in [0.3, 0.4) is 0 Å². The number of rotatable bonds is 6. The maximum Gasteiger partial charge on any atom is 0.320 e. The number of carboxylic acid groups (broad SMARTS) is 1. The Labute approximate surface area is 103 Å². The van der Waals surface area contributed by atoms with E-state index in [0.717, 1.165) is 6.54 Å². The number of benzene rings is 1. The monoisotopic (exact) mass is 235 g/mol. The smallest absolute Gasteiger partial charge is 0.320 e. The number of hydrogen-bond acceptors (Lipinski definition) is 2. The van der Waals surface area contributed by atoms with Crippen LogP contribution in [0.4, 0.5) is 0 Å². The third kappa shape index (κ3) is 3.56. The van der Waals surface area contributed by atoms with E-state index in [2.05, 4.69) is 19.1 Å². The van der Waals surface area contributed by atoms with Crippen LogP contribution in [0.5, 0.6) is 0 Å². The highest BCUT2D eigenvalue weighted by Crippen LogP contribution is 2.14. The van der Waals surface area contributed by atoms with Crippen LogP contribution >= 0.6 is 0 Å². The fourth-order valence-corrected chi connectivity index (χ4v) is 2.04. The maximum absolute atomic E-state index is 11.2. The Bertz CT molecular complexity index is 376. The summed E-state index contributed by atoms with van der Waals surface area (Å²) >= 11 is 0. The van der Waals surface area contributed by atoms with Crippen molar-refractivity contribution in [3.05, 3.63) is 35.4 Å². The Morgan fingerprint density at radius 3 is 2.47 bits per heavy atom. The van der Waals surface area contributed by atoms with E-state index in [1.165, 1.54) is 11.1 Å². The highest BCUT2D eigenvalue weighted by molar-refractivity contribution is 5.73. The summed E-state index contributed by atoms with van der Waals surface area (Å²) in [5.74, 6) is -0.733. The molecule has 1 N–H and O–H groups in total. The predicted octanol–water partition coefficient (Wildman–Crippen LogP) is 2.68. The number of aryl methyl sites for hydroxylation is 1. The molecule has 1 rings (SSSR count). The third-order valence-corrected chi connectivity index (χ3v) is 3.15. The van der Waals surface area contributed by atoms with Crippen molar-refractivity contribution in [2.75, 3.05) is 6.54 Å². The molecule has 0 amide bonds. The van der Waals surface area contributed by atoms with Crippen LogP contribution in [0, 0.1) is 6.92 Å². The molecule has 0 spiro atoms. The molecule has 0 saturated heterocycles. The van der Waals surface area contributed by atoms with Gasteiger partial charge < -0.3 is 5.11 Å². The molecule has 94 valence electrons. The van der Waals surface area contributed by atoms with Gasteiger partial charge in [-0.2, -0.15) is 0 Å². The molecule has 0 aliphatic carbocycles. The van der Waals surface area contributed by atoms with Gasteiger partial charge in [-0.1, -0.05) is 38.1 Å². The topological polar surface area (TPSA) is 40.5 Å². The summed E-state index contributed by atoms with van der Waals surface area (Å²) in [6, 6.07) is 7.73. The van der Waals surface area contributed by atoms with E-state index in [-0.39, 0.29) is 6.04 Å². The first-order chi connectivity index (χ1) is 8.10. The van der Waals surface area contributed by atoms with Crippen molar-refractivity contribution in [3.8, 4) is 0 Å². The first kappa shape index (κ1) is 13.7. The first-order valence-electron chi connectivity index (χ1n) is 6.11. The quantitative estimate of drug-likeness (QED) is 0.824. The van der Waals surface area contributed by atoms with E-state index >= 15 is 0 Å². The van der Waals surface area contributed by atoms with Crippen molar-refractivity contribution in [2.24, 2.45) is 0 Å². The molecule has 0 unspecified atom stereocenters. The summed E-state index contributed by atoms with van der Waals surface area (Å²) in [7, 11) is 0. The molecule has 0 saturated carbocycles. The lowest BCUT2D eigenvalue weighted by Gasteiger charge is -2.27. The molecular formula is C14H21NO2. The fraction of sp³-hybridized carbons (Fsp3) is 0.500. The Hall–Kier alpha value is -1.35. The van der Waals surface area contributed by atoms with Gasteiger partial charge in [-0.15, -0.1) is 0 Å². The average molecular weight is 235 g/mol. The van der Waals surface area contributed by atoms with E-state index in [1.807, 2.05) is 30.9 Å². The van der Waals surface area contributed by atoms with Crippen molar-refractivity contribution in [3.63, 3.8) is 0 Å². The van der Waals surface area contributed by atoms with Crippen molar-refractivity contribution < 1.29 is 9.90 Å². The molecular weight excluding hydrogens is 214 g/mol. The minimum Gasteiger partial charge on any atom is -0.480 e. The van der Waals surface area contributed by atoms with Gasteiger partial charge in [-0.05, 0) is 31.0 Å². The van der Waals surface area contributed by atoms with E-state index in [9.17, 15) is 9.90 Å². The Morgan fingerprint density at radius 1 is 1.35 bits per heavy atom. The first-order valence-corrected chi connectivity index (χ1v) is 6.11. The number of carbonyl (C=O) groups is 1. The van der Waals surface area contributed by atoms with Gasteiger partial charge in [0.05, 0.1) is 0 Å². The highest BCUT2D eigenvalue weighted by atomic mass is 16.4. The maximum atomic E-state index is 11.2. The molecule has 0 bridgehead atoms. The zero-order valence-corrected chi connectivity index (χ0v) is 10.8. The summed E-state index contributed by atoms with van der Waals surface area (Å²) < 4.78 is 0. The van der Waals surface area contributed by atoms with Gasteiger partial charge in [0.1, 0.15) is 6.04 Å². The lowest BCUT2D eigenvalue weighted by atomic mass is 10.1. The van der Waals surface area contributed by atoms with E-state index < -0.39 is 5.97 Å². The molecule has 0 aliphatic heterocycles. The fourth-order valence-electron chi connectivity index (χ4n) is 2.04. The van der Waals surface area contributed by atoms with Crippen molar-refractivity contribution in [1.29, 1.82) is 0 Å². The van der Waals surface area contributed by atoms with Gasteiger partial charge in [0.2, 0.25) is 0 Å². The van der Waals surface area contributed by atoms with E-state index in [0.29, 0.717) is 13.0 Å². The molecule has 0 heterocycles. The second-order valence-corrected chi connectivity index (χ2v) is 4.25. The zero-order chi connectivity index (χ0) is 12.8. The van der Waals surface area contributed by atoms with E-state index in [4.69, 9.17) is 0 Å². The minimum atomic E-state index is -0.733. The summed E-state index contributed by atoms with van der Waals surface area (Å²) in [6.45, 7) is 7.43. The van der Waals surface area contributed by atoms with Gasteiger partial charge >= 0.3 is 5.97 Å². The van der Waals surface area contributed by atoms with Gasteiger partial charge in [0.15, 0.2) is 0 Å². The van der Waals surface area contributed by atoms with Gasteiger partial charge in [-0.3, -0.25) is 9.69 Å². The number of carboxylic acids is 1. The molecule has 0 fully saturated rings. The Balaban J connectivity index is 2.83. The number of likely N-dealkylation sites (N-methyl/N-ethyl adjacent to an activating group) is 1. The van der Waals surface area contributed by atoms with Gasteiger partial charge in [0.25, 0.3) is 0 Å². The van der Waals surface area contributed by atoms with Crippen molar-refractivity contribution >= 4 is 5.97 Å². The predicted molar refractivity (Wildman–Crippen MR) is 69.0 cm³/mol. The van der Waals surface area contributed by atoms with Crippen molar-refractivity contribution in [1.82, 2.24) is 4.90 Å². The molecule has 1 atom stereocenters. The van der Waals surface area contributed by atoms with E-state index in [1.54, 1.807) is 0 Å². The summed E-state index contributed by atoms with van der Waals surface area (Å²) in [5, 5.41) is 9.18. The second kappa shape index (κ2) is 6.40. The van der Waals surface area contributed by atoms with Crippen LogP contribution in [-0.4, -0.2) is 28.6 Å². The normalized spacial score (nSPS) is 12.7. The summed E-state index contributed by atoms with van der Waals surface area (Å²) in [6.07, 6.45) is 0.634. The average Bonchev–Trinajstić information content (AvgIpc) is 2.30. The van der Waals surface area contributed by atoms with Crippen LogP contribution in [0.1, 0.15) is 31.4 Å². The zero-order valence-electron chi connectivity index (χ0n) is 10.8. The second-order valence-electron chi connectivity index (χ2n) is 4.25. The van der Waals surface area contributed by atoms with Gasteiger partial charge in [0, 0.05) is 6.54 Å². The Kier molecular flexibility index (Phi) is 5.16. The van der Waals surface area contributed by atoms with Crippen LogP contribution in [0.15, 0.2) is 24.3 Å². The lowest BCUT2D eigenvalue weighted by molar-refractivity contribution is -0.143. The Morgan fingerprint density at radius 2 is 2.00 bits per heavy atom. The largest absolute Gasteiger partial charge is 0.480 e. The summed E-state index contributed by atoms with van der Waals surface area (Å²) in [4.78, 5) is 13.2.